The summed E-state index contributed by atoms with van der Waals surface area (Å²) in [4.78, 5) is 29.5. The number of rotatable bonds is 6. The predicted octanol–water partition coefficient (Wildman–Crippen LogP) is 6.50. The van der Waals surface area contributed by atoms with E-state index in [1.807, 2.05) is 0 Å². The third-order valence-corrected chi connectivity index (χ3v) is 6.97. The zero-order valence-electron chi connectivity index (χ0n) is 16.8. The highest BCUT2D eigenvalue weighted by molar-refractivity contribution is 6.53. The van der Waals surface area contributed by atoms with Crippen molar-refractivity contribution in [2.75, 3.05) is 5.32 Å². The second-order valence-electron chi connectivity index (χ2n) is 7.55. The molecule has 5 nitrogen and oxygen atoms in total. The Bertz CT molecular complexity index is 1200. The number of anilines is 1. The molecule has 2 aromatic carbocycles. The lowest BCUT2D eigenvalue weighted by molar-refractivity contribution is -0.117. The maximum absolute atomic E-state index is 12.9. The predicted molar refractivity (Wildman–Crippen MR) is 133 cm³/mol. The maximum Gasteiger partial charge on any atom is 0.253 e. The van der Waals surface area contributed by atoms with Crippen molar-refractivity contribution in [3.8, 4) is 0 Å². The van der Waals surface area contributed by atoms with Crippen LogP contribution in [0.25, 0.3) is 0 Å². The molecule has 170 valence electrons. The summed E-state index contributed by atoms with van der Waals surface area (Å²) in [7, 11) is 0. The first-order valence-electron chi connectivity index (χ1n) is 9.78. The summed E-state index contributed by atoms with van der Waals surface area (Å²) in [5.74, 6) is -1.98. The third-order valence-electron chi connectivity index (χ3n) is 5.26. The number of nitrogens with one attached hydrogen (secondary N) is 2. The summed E-state index contributed by atoms with van der Waals surface area (Å²) in [6, 6.07) is 13.2. The fourth-order valence-corrected chi connectivity index (χ4v) is 5.17. The van der Waals surface area contributed by atoms with Crippen molar-refractivity contribution in [2.45, 2.75) is 16.8 Å². The van der Waals surface area contributed by atoms with Crippen LogP contribution in [0.4, 0.5) is 5.69 Å². The molecule has 0 aliphatic heterocycles. The molecule has 3 aromatic rings. The molecule has 1 aliphatic carbocycles. The first-order chi connectivity index (χ1) is 15.7. The maximum atomic E-state index is 12.9. The highest BCUT2D eigenvalue weighted by Gasteiger charge is 2.67. The molecule has 2 atom stereocenters. The van der Waals surface area contributed by atoms with Crippen LogP contribution in [-0.4, -0.2) is 21.1 Å². The van der Waals surface area contributed by atoms with Gasteiger partial charge in [0.25, 0.3) is 5.91 Å². The van der Waals surface area contributed by atoms with E-state index in [1.54, 1.807) is 48.8 Å². The third kappa shape index (κ3) is 5.39. The Kier molecular flexibility index (Phi) is 7.08. The van der Waals surface area contributed by atoms with Gasteiger partial charge in [0.15, 0.2) is 0 Å². The van der Waals surface area contributed by atoms with Gasteiger partial charge in [0.1, 0.15) is 4.33 Å². The molecule has 1 fully saturated rings. The average Bonchev–Trinajstić information content (AvgIpc) is 3.35. The summed E-state index contributed by atoms with van der Waals surface area (Å²) in [5, 5.41) is 6.66. The van der Waals surface area contributed by atoms with Crippen LogP contribution in [0.1, 0.15) is 27.4 Å². The van der Waals surface area contributed by atoms with Gasteiger partial charge in [0.05, 0.1) is 16.5 Å². The van der Waals surface area contributed by atoms with E-state index < -0.39 is 22.1 Å². The largest absolute Gasteiger partial charge is 0.348 e. The quantitative estimate of drug-likeness (QED) is 0.349. The first kappa shape index (κ1) is 24.1. The summed E-state index contributed by atoms with van der Waals surface area (Å²) in [6.45, 7) is 0.307. The summed E-state index contributed by atoms with van der Waals surface area (Å²) in [5.41, 5.74) is 2.17. The molecule has 0 bridgehead atoms. The molecule has 33 heavy (non-hydrogen) atoms. The molecular weight excluding hydrogens is 528 g/mol. The molecule has 2 N–H and O–H groups in total. The monoisotopic (exact) mass is 541 g/mol. The Hall–Kier alpha value is -2.02. The molecule has 0 saturated heterocycles. The lowest BCUT2D eigenvalue weighted by Crippen LogP contribution is -2.23. The summed E-state index contributed by atoms with van der Waals surface area (Å²) < 4.78 is -1.31. The van der Waals surface area contributed by atoms with E-state index in [2.05, 4.69) is 15.6 Å². The van der Waals surface area contributed by atoms with Crippen LogP contribution in [0.2, 0.25) is 15.1 Å². The molecule has 1 aromatic heterocycles. The molecule has 2 amide bonds. The molecular formula is C23H16Cl5N3O2. The molecule has 2 unspecified atom stereocenters. The van der Waals surface area contributed by atoms with Crippen LogP contribution in [0.5, 0.6) is 0 Å². The van der Waals surface area contributed by atoms with Crippen molar-refractivity contribution in [3.63, 3.8) is 0 Å². The van der Waals surface area contributed by atoms with Crippen LogP contribution in [0, 0.1) is 5.92 Å². The van der Waals surface area contributed by atoms with Crippen molar-refractivity contribution in [3.05, 3.63) is 92.7 Å². The lowest BCUT2D eigenvalue weighted by Gasteiger charge is -2.10. The van der Waals surface area contributed by atoms with Crippen molar-refractivity contribution >= 4 is 75.5 Å². The fourth-order valence-electron chi connectivity index (χ4n) is 3.60. The topological polar surface area (TPSA) is 71.1 Å². The van der Waals surface area contributed by atoms with E-state index in [9.17, 15) is 9.59 Å². The number of nitrogens with zero attached hydrogens (tertiary/aromatic N) is 1. The van der Waals surface area contributed by atoms with Gasteiger partial charge in [-0.25, -0.2) is 0 Å². The van der Waals surface area contributed by atoms with Crippen LogP contribution >= 0.6 is 58.0 Å². The van der Waals surface area contributed by atoms with Crippen LogP contribution in [0.3, 0.4) is 0 Å². The van der Waals surface area contributed by atoms with Gasteiger partial charge in [0.2, 0.25) is 5.91 Å². The standard InChI is InChI=1S/C23H16Cl5N3O2/c24-14-7-13(8-15(25)9-14)19-20(23(19,27)28)22(33)31-16-1-2-18(26)17(10-16)21(32)30-11-12-3-5-29-6-4-12/h1-10,19-20H,11H2,(H,30,32)(H,31,33). The van der Waals surface area contributed by atoms with Gasteiger partial charge < -0.3 is 10.6 Å². The number of alkyl halides is 2. The number of hydrogen-bond acceptors (Lipinski definition) is 3. The number of pyridine rings is 1. The Balaban J connectivity index is 1.46. The highest BCUT2D eigenvalue weighted by Crippen LogP contribution is 2.65. The van der Waals surface area contributed by atoms with E-state index >= 15 is 0 Å². The number of halogens is 5. The van der Waals surface area contributed by atoms with Gasteiger partial charge in [-0.1, -0.05) is 34.8 Å². The normalized spacial score (nSPS) is 18.5. The van der Waals surface area contributed by atoms with Gasteiger partial charge >= 0.3 is 0 Å². The first-order valence-corrected chi connectivity index (χ1v) is 11.7. The minimum Gasteiger partial charge on any atom is -0.348 e. The van der Waals surface area contributed by atoms with Crippen molar-refractivity contribution in [1.29, 1.82) is 0 Å². The minimum atomic E-state index is -1.31. The number of amides is 2. The summed E-state index contributed by atoms with van der Waals surface area (Å²) in [6.07, 6.45) is 3.28. The Morgan fingerprint density at radius 3 is 2.27 bits per heavy atom. The molecule has 0 spiro atoms. The Morgan fingerprint density at radius 2 is 1.61 bits per heavy atom. The highest BCUT2D eigenvalue weighted by atomic mass is 35.5. The average molecular weight is 544 g/mol. The van der Waals surface area contributed by atoms with Crippen LogP contribution < -0.4 is 10.6 Å². The second kappa shape index (κ2) is 9.69. The fraction of sp³-hybridized carbons (Fsp3) is 0.174. The van der Waals surface area contributed by atoms with Gasteiger partial charge in [-0.15, -0.1) is 23.2 Å². The smallest absolute Gasteiger partial charge is 0.253 e. The Morgan fingerprint density at radius 1 is 0.939 bits per heavy atom. The second-order valence-corrected chi connectivity index (χ2v) is 10.3. The number of carbonyl (C=O) groups excluding carboxylic acids is 2. The van der Waals surface area contributed by atoms with Crippen molar-refractivity contribution in [1.82, 2.24) is 10.3 Å². The number of aromatic nitrogens is 1. The van der Waals surface area contributed by atoms with E-state index in [4.69, 9.17) is 58.0 Å². The summed E-state index contributed by atoms with van der Waals surface area (Å²) >= 11 is 31.2. The van der Waals surface area contributed by atoms with Crippen LogP contribution in [0.15, 0.2) is 60.9 Å². The van der Waals surface area contributed by atoms with Crippen molar-refractivity contribution < 1.29 is 9.59 Å². The number of carbonyl (C=O) groups is 2. The van der Waals surface area contributed by atoms with E-state index in [-0.39, 0.29) is 16.5 Å². The zero-order chi connectivity index (χ0) is 23.8. The molecule has 1 saturated carbocycles. The zero-order valence-corrected chi connectivity index (χ0v) is 20.6. The van der Waals surface area contributed by atoms with E-state index in [0.29, 0.717) is 27.8 Å². The number of benzene rings is 2. The van der Waals surface area contributed by atoms with Gasteiger partial charge in [-0.3, -0.25) is 14.6 Å². The van der Waals surface area contributed by atoms with Gasteiger partial charge in [-0.2, -0.15) is 0 Å². The molecule has 0 radical (unpaired) electrons. The lowest BCUT2D eigenvalue weighted by atomic mass is 10.1. The van der Waals surface area contributed by atoms with E-state index in [1.165, 1.54) is 12.1 Å². The molecule has 1 aliphatic rings. The van der Waals surface area contributed by atoms with Gasteiger partial charge in [0, 0.05) is 40.6 Å². The molecule has 10 heteroatoms. The van der Waals surface area contributed by atoms with Gasteiger partial charge in [-0.05, 0) is 59.7 Å². The van der Waals surface area contributed by atoms with Crippen molar-refractivity contribution in [2.24, 2.45) is 5.92 Å². The SMILES string of the molecule is O=C(NCc1ccncc1)c1cc(NC(=O)C2C(c3cc(Cl)cc(Cl)c3)C2(Cl)Cl)ccc1Cl. The molecule has 4 rings (SSSR count). The molecule has 1 heterocycles. The number of hydrogen-bond donors (Lipinski definition) is 2. The Labute approximate surface area is 215 Å². The van der Waals surface area contributed by atoms with Crippen LogP contribution in [-0.2, 0) is 11.3 Å². The van der Waals surface area contributed by atoms with E-state index in [0.717, 1.165) is 5.56 Å². The minimum absolute atomic E-state index is 0.223.